The average molecular weight is 481 g/mol. The fraction of sp³-hybridized carbons (Fsp3) is 0.250. The topological polar surface area (TPSA) is 47.9 Å². The van der Waals surface area contributed by atoms with E-state index < -0.39 is 18.0 Å². The van der Waals surface area contributed by atoms with Gasteiger partial charge in [-0.3, -0.25) is 0 Å². The van der Waals surface area contributed by atoms with Crippen molar-refractivity contribution >= 4 is 0 Å². The second kappa shape index (κ2) is 11.6. The molecule has 1 fully saturated rings. The van der Waals surface area contributed by atoms with E-state index in [0.29, 0.717) is 26.1 Å². The summed E-state index contributed by atoms with van der Waals surface area (Å²) in [6.45, 7) is 0.801. The summed E-state index contributed by atoms with van der Waals surface area (Å²) in [5.74, 6) is 0. The fourth-order valence-corrected chi connectivity index (χ4v) is 4.95. The SMILES string of the molecule is OC1CC[C@@H](OC(c2ccccc2)(c2ccccc2)c2ccccc2)[C@@H](COCc2ccccc2)O1. The van der Waals surface area contributed by atoms with E-state index in [-0.39, 0.29) is 6.10 Å². The second-order valence-corrected chi connectivity index (χ2v) is 9.14. The Hall–Kier alpha value is -3.28. The zero-order valence-corrected chi connectivity index (χ0v) is 20.3. The van der Waals surface area contributed by atoms with Crippen LogP contribution in [0.25, 0.3) is 0 Å². The Morgan fingerprint density at radius 2 is 1.14 bits per heavy atom. The van der Waals surface area contributed by atoms with Gasteiger partial charge >= 0.3 is 0 Å². The Balaban J connectivity index is 1.50. The number of aliphatic hydroxyl groups is 1. The molecule has 4 aromatic rings. The van der Waals surface area contributed by atoms with Crippen molar-refractivity contribution in [3.8, 4) is 0 Å². The normalized spacial score (nSPS) is 20.2. The van der Waals surface area contributed by atoms with Gasteiger partial charge in [-0.05, 0) is 28.7 Å². The molecule has 36 heavy (non-hydrogen) atoms. The molecule has 4 nitrogen and oxygen atoms in total. The third kappa shape index (κ3) is 5.43. The molecule has 1 aliphatic rings. The van der Waals surface area contributed by atoms with E-state index in [2.05, 4.69) is 36.4 Å². The molecule has 0 amide bonds. The largest absolute Gasteiger partial charge is 0.374 e. The molecule has 5 rings (SSSR count). The van der Waals surface area contributed by atoms with Crippen molar-refractivity contribution in [2.75, 3.05) is 6.61 Å². The van der Waals surface area contributed by atoms with Crippen molar-refractivity contribution in [1.82, 2.24) is 0 Å². The summed E-state index contributed by atoms with van der Waals surface area (Å²) < 4.78 is 19.2. The summed E-state index contributed by atoms with van der Waals surface area (Å²) in [7, 11) is 0. The molecule has 1 heterocycles. The predicted molar refractivity (Wildman–Crippen MR) is 140 cm³/mol. The number of hydrogen-bond acceptors (Lipinski definition) is 4. The maximum absolute atomic E-state index is 10.3. The van der Waals surface area contributed by atoms with Gasteiger partial charge in [0.15, 0.2) is 6.29 Å². The molecular weight excluding hydrogens is 448 g/mol. The third-order valence-electron chi connectivity index (χ3n) is 6.71. The summed E-state index contributed by atoms with van der Waals surface area (Å²) in [4.78, 5) is 0. The van der Waals surface area contributed by atoms with Crippen LogP contribution < -0.4 is 0 Å². The van der Waals surface area contributed by atoms with Gasteiger partial charge in [0.25, 0.3) is 0 Å². The van der Waals surface area contributed by atoms with E-state index in [1.807, 2.05) is 84.9 Å². The monoisotopic (exact) mass is 480 g/mol. The zero-order valence-electron chi connectivity index (χ0n) is 20.3. The highest BCUT2D eigenvalue weighted by atomic mass is 16.6. The fourth-order valence-electron chi connectivity index (χ4n) is 4.95. The third-order valence-corrected chi connectivity index (χ3v) is 6.71. The van der Waals surface area contributed by atoms with Crippen LogP contribution in [0.4, 0.5) is 0 Å². The number of ether oxygens (including phenoxy) is 3. The van der Waals surface area contributed by atoms with E-state index in [1.165, 1.54) is 0 Å². The Kier molecular flexibility index (Phi) is 7.89. The molecule has 3 atom stereocenters. The van der Waals surface area contributed by atoms with Crippen molar-refractivity contribution in [1.29, 1.82) is 0 Å². The smallest absolute Gasteiger partial charge is 0.155 e. The predicted octanol–water partition coefficient (Wildman–Crippen LogP) is 6.08. The maximum Gasteiger partial charge on any atom is 0.155 e. The molecule has 0 bridgehead atoms. The molecule has 1 unspecified atom stereocenters. The molecular formula is C32H32O4. The first-order valence-electron chi connectivity index (χ1n) is 12.6. The Labute approximate surface area is 213 Å². The van der Waals surface area contributed by atoms with Crippen LogP contribution in [-0.4, -0.2) is 30.2 Å². The summed E-state index contributed by atoms with van der Waals surface area (Å²) in [6, 6.07) is 41.0. The van der Waals surface area contributed by atoms with Gasteiger partial charge in [0, 0.05) is 6.42 Å². The van der Waals surface area contributed by atoms with Crippen molar-refractivity contribution < 1.29 is 19.3 Å². The average Bonchev–Trinajstić information content (AvgIpc) is 2.95. The van der Waals surface area contributed by atoms with E-state index in [1.54, 1.807) is 0 Å². The summed E-state index contributed by atoms with van der Waals surface area (Å²) in [6.07, 6.45) is -0.351. The molecule has 1 aliphatic heterocycles. The molecule has 0 radical (unpaired) electrons. The van der Waals surface area contributed by atoms with Crippen LogP contribution in [-0.2, 0) is 26.4 Å². The minimum atomic E-state index is -0.849. The lowest BCUT2D eigenvalue weighted by Gasteiger charge is -2.43. The second-order valence-electron chi connectivity index (χ2n) is 9.14. The number of rotatable bonds is 9. The van der Waals surface area contributed by atoms with Crippen LogP contribution in [0.2, 0.25) is 0 Å². The quantitative estimate of drug-likeness (QED) is 0.295. The molecule has 184 valence electrons. The lowest BCUT2D eigenvalue weighted by Crippen LogP contribution is -2.48. The van der Waals surface area contributed by atoms with Crippen molar-refractivity contribution in [3.05, 3.63) is 144 Å². The molecule has 4 heteroatoms. The van der Waals surface area contributed by atoms with Gasteiger partial charge in [-0.25, -0.2) is 0 Å². The molecule has 0 aliphatic carbocycles. The van der Waals surface area contributed by atoms with Gasteiger partial charge in [0.1, 0.15) is 11.7 Å². The minimum Gasteiger partial charge on any atom is -0.374 e. The van der Waals surface area contributed by atoms with Crippen LogP contribution in [0.3, 0.4) is 0 Å². The standard InChI is InChI=1S/C32H32O4/c33-31-22-21-29(30(35-31)24-34-23-25-13-5-1-6-14-25)36-32(26-15-7-2-8-16-26,27-17-9-3-10-18-27)28-19-11-4-12-20-28/h1-20,29-31,33H,21-24H2/t29-,30-,31?/m1/s1. The van der Waals surface area contributed by atoms with Gasteiger partial charge in [-0.2, -0.15) is 0 Å². The lowest BCUT2D eigenvalue weighted by molar-refractivity contribution is -0.237. The van der Waals surface area contributed by atoms with E-state index in [0.717, 1.165) is 22.3 Å². The van der Waals surface area contributed by atoms with Crippen molar-refractivity contribution in [2.24, 2.45) is 0 Å². The van der Waals surface area contributed by atoms with Crippen LogP contribution >= 0.6 is 0 Å². The number of aliphatic hydroxyl groups excluding tert-OH is 1. The zero-order chi connectivity index (χ0) is 24.6. The van der Waals surface area contributed by atoms with Crippen LogP contribution in [0.15, 0.2) is 121 Å². The van der Waals surface area contributed by atoms with Crippen molar-refractivity contribution in [3.63, 3.8) is 0 Å². The number of hydrogen-bond donors (Lipinski definition) is 1. The van der Waals surface area contributed by atoms with Gasteiger partial charge in [-0.15, -0.1) is 0 Å². The highest BCUT2D eigenvalue weighted by Gasteiger charge is 2.43. The molecule has 0 saturated carbocycles. The summed E-state index contributed by atoms with van der Waals surface area (Å²) >= 11 is 0. The van der Waals surface area contributed by atoms with E-state index in [9.17, 15) is 5.11 Å². The number of benzene rings is 4. The van der Waals surface area contributed by atoms with Crippen LogP contribution in [0.1, 0.15) is 35.1 Å². The Morgan fingerprint density at radius 3 is 1.64 bits per heavy atom. The molecule has 1 saturated heterocycles. The first kappa shape index (κ1) is 24.4. The maximum atomic E-state index is 10.3. The van der Waals surface area contributed by atoms with E-state index >= 15 is 0 Å². The molecule has 0 spiro atoms. The van der Waals surface area contributed by atoms with Gasteiger partial charge in [0.05, 0.1) is 19.3 Å². The Morgan fingerprint density at radius 1 is 0.667 bits per heavy atom. The van der Waals surface area contributed by atoms with Gasteiger partial charge in [0.2, 0.25) is 0 Å². The van der Waals surface area contributed by atoms with Crippen LogP contribution in [0.5, 0.6) is 0 Å². The van der Waals surface area contributed by atoms with Crippen molar-refractivity contribution in [2.45, 2.75) is 43.5 Å². The summed E-state index contributed by atoms with van der Waals surface area (Å²) in [5.41, 5.74) is 3.36. The minimum absolute atomic E-state index is 0.287. The first-order valence-corrected chi connectivity index (χ1v) is 12.6. The van der Waals surface area contributed by atoms with Gasteiger partial charge in [-0.1, -0.05) is 121 Å². The lowest BCUT2D eigenvalue weighted by atomic mass is 9.79. The van der Waals surface area contributed by atoms with Gasteiger partial charge < -0.3 is 19.3 Å². The highest BCUT2D eigenvalue weighted by molar-refractivity contribution is 5.47. The van der Waals surface area contributed by atoms with Crippen LogP contribution in [0, 0.1) is 0 Å². The summed E-state index contributed by atoms with van der Waals surface area (Å²) in [5, 5.41) is 10.3. The molecule has 4 aromatic carbocycles. The first-order chi connectivity index (χ1) is 17.8. The Bertz CT molecular complexity index is 1090. The highest BCUT2D eigenvalue weighted by Crippen LogP contribution is 2.43. The van der Waals surface area contributed by atoms with E-state index in [4.69, 9.17) is 14.2 Å². The molecule has 1 N–H and O–H groups in total. The molecule has 0 aromatic heterocycles.